The van der Waals surface area contributed by atoms with Gasteiger partial charge in [0, 0.05) is 5.56 Å². The monoisotopic (exact) mass is 391 g/mol. The molecule has 1 aliphatic carbocycles. The van der Waals surface area contributed by atoms with Gasteiger partial charge in [-0.15, -0.1) is 0 Å². The fourth-order valence-electron chi connectivity index (χ4n) is 4.27. The highest BCUT2D eigenvalue weighted by molar-refractivity contribution is 5.95. The maximum absolute atomic E-state index is 13.4. The average Bonchev–Trinajstić information content (AvgIpc) is 3.19. The number of carbonyl (C=O) groups excluding carboxylic acids is 1. The topological polar surface area (TPSA) is 29.1 Å². The SMILES string of the molecule is CC(C)(C)c1cc(C(=O)N[C@H](c2ccccc2)C2CCCC2)cc(C(C)(C)C)c1. The third kappa shape index (κ3) is 5.29. The number of carbonyl (C=O) groups is 1. The summed E-state index contributed by atoms with van der Waals surface area (Å²) in [5.74, 6) is 0.566. The molecule has 0 spiro atoms. The summed E-state index contributed by atoms with van der Waals surface area (Å²) in [6, 6.07) is 17.0. The van der Waals surface area contributed by atoms with Crippen LogP contribution in [-0.2, 0) is 10.8 Å². The Morgan fingerprint density at radius 1 is 0.862 bits per heavy atom. The molecule has 1 amide bonds. The molecular weight excluding hydrogens is 354 g/mol. The molecule has 1 N–H and O–H groups in total. The summed E-state index contributed by atoms with van der Waals surface area (Å²) in [6.45, 7) is 13.3. The van der Waals surface area contributed by atoms with E-state index in [1.54, 1.807) is 0 Å². The third-order valence-corrected chi connectivity index (χ3v) is 6.24. The van der Waals surface area contributed by atoms with Crippen LogP contribution in [-0.4, -0.2) is 5.91 Å². The Labute approximate surface area is 177 Å². The fourth-order valence-corrected chi connectivity index (χ4v) is 4.27. The van der Waals surface area contributed by atoms with E-state index in [1.807, 2.05) is 6.07 Å². The summed E-state index contributed by atoms with van der Waals surface area (Å²) in [5.41, 5.74) is 4.43. The first-order valence-electron chi connectivity index (χ1n) is 11.1. The van der Waals surface area contributed by atoms with Gasteiger partial charge in [-0.3, -0.25) is 4.79 Å². The summed E-state index contributed by atoms with van der Waals surface area (Å²) in [7, 11) is 0. The van der Waals surface area contributed by atoms with Gasteiger partial charge in [-0.25, -0.2) is 0 Å². The van der Waals surface area contributed by atoms with Gasteiger partial charge in [0.2, 0.25) is 0 Å². The molecule has 1 aliphatic rings. The average molecular weight is 392 g/mol. The minimum Gasteiger partial charge on any atom is -0.345 e. The van der Waals surface area contributed by atoms with Crippen molar-refractivity contribution in [2.75, 3.05) is 0 Å². The zero-order valence-corrected chi connectivity index (χ0v) is 19.0. The molecule has 2 aromatic carbocycles. The molecule has 156 valence electrons. The Balaban J connectivity index is 1.95. The Morgan fingerprint density at radius 3 is 1.86 bits per heavy atom. The first-order chi connectivity index (χ1) is 13.6. The van der Waals surface area contributed by atoms with E-state index in [4.69, 9.17) is 0 Å². The predicted octanol–water partition coefficient (Wildman–Crippen LogP) is 6.94. The minimum atomic E-state index is 0.000569. The lowest BCUT2D eigenvalue weighted by molar-refractivity contribution is 0.0921. The van der Waals surface area contributed by atoms with Crippen LogP contribution in [0.2, 0.25) is 0 Å². The second kappa shape index (κ2) is 8.34. The molecule has 0 unspecified atom stereocenters. The van der Waals surface area contributed by atoms with Crippen LogP contribution in [0.1, 0.15) is 100 Å². The van der Waals surface area contributed by atoms with Gasteiger partial charge in [0.1, 0.15) is 0 Å². The maximum Gasteiger partial charge on any atom is 0.251 e. The molecule has 2 heteroatoms. The number of hydrogen-bond acceptors (Lipinski definition) is 1. The van der Waals surface area contributed by atoms with E-state index in [0.29, 0.717) is 5.92 Å². The van der Waals surface area contributed by atoms with Gasteiger partial charge < -0.3 is 5.32 Å². The van der Waals surface area contributed by atoms with Gasteiger partial charge in [0.15, 0.2) is 0 Å². The number of nitrogens with one attached hydrogen (secondary N) is 1. The van der Waals surface area contributed by atoms with Gasteiger partial charge in [0.25, 0.3) is 5.91 Å². The van der Waals surface area contributed by atoms with Gasteiger partial charge in [-0.05, 0) is 58.4 Å². The predicted molar refractivity (Wildman–Crippen MR) is 122 cm³/mol. The summed E-state index contributed by atoms with van der Waals surface area (Å²) < 4.78 is 0. The molecule has 0 radical (unpaired) electrons. The number of benzene rings is 2. The highest BCUT2D eigenvalue weighted by Crippen LogP contribution is 2.36. The van der Waals surface area contributed by atoms with Crippen LogP contribution in [0.5, 0.6) is 0 Å². The van der Waals surface area contributed by atoms with Crippen molar-refractivity contribution in [3.05, 3.63) is 70.8 Å². The smallest absolute Gasteiger partial charge is 0.251 e. The molecule has 2 nitrogen and oxygen atoms in total. The molecule has 1 atom stereocenters. The second-order valence-electron chi connectivity index (χ2n) is 10.7. The standard InChI is InChI=1S/C27H37NO/c1-26(2,3)22-16-21(17-23(18-22)27(4,5)6)25(29)28-24(20-14-10-11-15-20)19-12-8-7-9-13-19/h7-9,12-13,16-18,20,24H,10-11,14-15H2,1-6H3,(H,28,29)/t24-/m1/s1. The zero-order chi connectivity index (χ0) is 21.2. The lowest BCUT2D eigenvalue weighted by Crippen LogP contribution is -2.33. The summed E-state index contributed by atoms with van der Waals surface area (Å²) in [5, 5.41) is 3.41. The van der Waals surface area contributed by atoms with Crippen LogP contribution >= 0.6 is 0 Å². The number of hydrogen-bond donors (Lipinski definition) is 1. The maximum atomic E-state index is 13.4. The van der Waals surface area contributed by atoms with Crippen molar-refractivity contribution in [2.45, 2.75) is 84.1 Å². The van der Waals surface area contributed by atoms with Gasteiger partial charge in [-0.2, -0.15) is 0 Å². The summed E-state index contributed by atoms with van der Waals surface area (Å²) >= 11 is 0. The van der Waals surface area contributed by atoms with Crippen molar-refractivity contribution >= 4 is 5.91 Å². The fraction of sp³-hybridized carbons (Fsp3) is 0.519. The minimum absolute atomic E-state index is 0.000569. The van der Waals surface area contributed by atoms with Crippen LogP contribution in [0, 0.1) is 5.92 Å². The normalized spacial score (nSPS) is 16.6. The molecular formula is C27H37NO. The Bertz CT molecular complexity index is 801. The van der Waals surface area contributed by atoms with Crippen LogP contribution in [0.15, 0.2) is 48.5 Å². The quantitative estimate of drug-likeness (QED) is 0.600. The lowest BCUT2D eigenvalue weighted by Gasteiger charge is -2.28. The highest BCUT2D eigenvalue weighted by atomic mass is 16.1. The first-order valence-corrected chi connectivity index (χ1v) is 11.1. The summed E-state index contributed by atoms with van der Waals surface area (Å²) in [4.78, 5) is 13.4. The zero-order valence-electron chi connectivity index (χ0n) is 19.0. The van der Waals surface area contributed by atoms with Crippen molar-refractivity contribution in [3.8, 4) is 0 Å². The van der Waals surface area contributed by atoms with Gasteiger partial charge in [0.05, 0.1) is 6.04 Å². The van der Waals surface area contributed by atoms with Gasteiger partial charge >= 0.3 is 0 Å². The highest BCUT2D eigenvalue weighted by Gasteiger charge is 2.29. The van der Waals surface area contributed by atoms with Crippen molar-refractivity contribution in [2.24, 2.45) is 5.92 Å². The molecule has 0 heterocycles. The molecule has 0 saturated heterocycles. The Hall–Kier alpha value is -2.09. The van der Waals surface area contributed by atoms with E-state index >= 15 is 0 Å². The van der Waals surface area contributed by atoms with E-state index in [2.05, 4.69) is 89.3 Å². The molecule has 1 fully saturated rings. The molecule has 0 aromatic heterocycles. The van der Waals surface area contributed by atoms with Crippen molar-refractivity contribution in [3.63, 3.8) is 0 Å². The first kappa shape index (κ1) is 21.6. The van der Waals surface area contributed by atoms with E-state index in [1.165, 1.54) is 42.4 Å². The molecule has 29 heavy (non-hydrogen) atoms. The van der Waals surface area contributed by atoms with Gasteiger partial charge in [-0.1, -0.05) is 90.8 Å². The van der Waals surface area contributed by atoms with Crippen LogP contribution in [0.3, 0.4) is 0 Å². The molecule has 3 rings (SSSR count). The van der Waals surface area contributed by atoms with E-state index in [9.17, 15) is 4.79 Å². The number of rotatable bonds is 4. The molecule has 1 saturated carbocycles. The van der Waals surface area contributed by atoms with Crippen LogP contribution < -0.4 is 5.32 Å². The van der Waals surface area contributed by atoms with E-state index in [0.717, 1.165) is 5.56 Å². The van der Waals surface area contributed by atoms with Crippen molar-refractivity contribution in [1.29, 1.82) is 0 Å². The Morgan fingerprint density at radius 2 is 1.38 bits per heavy atom. The van der Waals surface area contributed by atoms with Crippen LogP contribution in [0.25, 0.3) is 0 Å². The van der Waals surface area contributed by atoms with Crippen molar-refractivity contribution < 1.29 is 4.79 Å². The summed E-state index contributed by atoms with van der Waals surface area (Å²) in [6.07, 6.45) is 4.90. The van der Waals surface area contributed by atoms with E-state index in [-0.39, 0.29) is 22.8 Å². The molecule has 2 aromatic rings. The van der Waals surface area contributed by atoms with E-state index < -0.39 is 0 Å². The Kier molecular flexibility index (Phi) is 6.22. The van der Waals surface area contributed by atoms with Crippen molar-refractivity contribution in [1.82, 2.24) is 5.32 Å². The largest absolute Gasteiger partial charge is 0.345 e. The van der Waals surface area contributed by atoms with Crippen LogP contribution in [0.4, 0.5) is 0 Å². The third-order valence-electron chi connectivity index (χ3n) is 6.24. The lowest BCUT2D eigenvalue weighted by atomic mass is 9.79. The number of amides is 1. The second-order valence-corrected chi connectivity index (χ2v) is 10.7. The molecule has 0 bridgehead atoms. The molecule has 0 aliphatic heterocycles.